The lowest BCUT2D eigenvalue weighted by molar-refractivity contribution is -0.385. The summed E-state index contributed by atoms with van der Waals surface area (Å²) in [4.78, 5) is 24.1. The minimum atomic E-state index is -0.499. The third-order valence-corrected chi connectivity index (χ3v) is 3.84. The molecule has 0 radical (unpaired) electrons. The molecule has 2 aromatic rings. The largest absolute Gasteiger partial charge is 0.295 e. The summed E-state index contributed by atoms with van der Waals surface area (Å²) in [5.74, 6) is 0. The molecule has 1 aromatic heterocycles. The SMILES string of the molecule is CN(Cc1ccc(C(C)(C)C)cc1)Cn1cc([N+](=O)[O-])ccc1=O. The van der Waals surface area contributed by atoms with Crippen LogP contribution in [0.1, 0.15) is 31.9 Å². The fourth-order valence-electron chi connectivity index (χ4n) is 2.47. The molecule has 6 nitrogen and oxygen atoms in total. The van der Waals surface area contributed by atoms with Crippen molar-refractivity contribution >= 4 is 5.69 Å². The van der Waals surface area contributed by atoms with Gasteiger partial charge >= 0.3 is 0 Å². The average molecular weight is 329 g/mol. The Morgan fingerprint density at radius 3 is 2.29 bits per heavy atom. The number of benzene rings is 1. The first-order valence-corrected chi connectivity index (χ1v) is 7.79. The minimum absolute atomic E-state index is 0.0856. The lowest BCUT2D eigenvalue weighted by atomic mass is 9.87. The van der Waals surface area contributed by atoms with E-state index in [0.717, 1.165) is 5.56 Å². The maximum atomic E-state index is 11.9. The van der Waals surface area contributed by atoms with Crippen molar-refractivity contribution < 1.29 is 4.92 Å². The quantitative estimate of drug-likeness (QED) is 0.624. The van der Waals surface area contributed by atoms with E-state index in [0.29, 0.717) is 13.2 Å². The number of aromatic nitrogens is 1. The molecule has 1 aromatic carbocycles. The molecule has 0 bridgehead atoms. The maximum absolute atomic E-state index is 11.9. The number of hydrogen-bond acceptors (Lipinski definition) is 4. The standard InChI is InChI=1S/C18H23N3O3/c1-18(2,3)15-7-5-14(6-8-15)11-19(4)13-20-12-16(21(23)24)9-10-17(20)22/h5-10,12H,11,13H2,1-4H3. The number of pyridine rings is 1. The fourth-order valence-corrected chi connectivity index (χ4v) is 2.47. The molecule has 0 unspecified atom stereocenters. The topological polar surface area (TPSA) is 68.4 Å². The van der Waals surface area contributed by atoms with Crippen LogP contribution < -0.4 is 5.56 Å². The molecule has 0 saturated heterocycles. The lowest BCUT2D eigenvalue weighted by Crippen LogP contribution is -2.29. The van der Waals surface area contributed by atoms with E-state index in [1.165, 1.54) is 28.5 Å². The highest BCUT2D eigenvalue weighted by molar-refractivity contribution is 5.27. The highest BCUT2D eigenvalue weighted by atomic mass is 16.6. The highest BCUT2D eigenvalue weighted by Crippen LogP contribution is 2.22. The van der Waals surface area contributed by atoms with E-state index in [-0.39, 0.29) is 16.7 Å². The molecule has 2 rings (SSSR count). The van der Waals surface area contributed by atoms with Gasteiger partial charge in [0.15, 0.2) is 0 Å². The van der Waals surface area contributed by atoms with Crippen LogP contribution in [0.3, 0.4) is 0 Å². The summed E-state index contributed by atoms with van der Waals surface area (Å²) in [7, 11) is 1.88. The summed E-state index contributed by atoms with van der Waals surface area (Å²) in [5, 5.41) is 10.8. The maximum Gasteiger partial charge on any atom is 0.285 e. The number of nitro groups is 1. The summed E-state index contributed by atoms with van der Waals surface area (Å²) in [6, 6.07) is 10.8. The van der Waals surface area contributed by atoms with Crippen molar-refractivity contribution in [1.82, 2.24) is 9.47 Å². The van der Waals surface area contributed by atoms with Gasteiger partial charge in [0.1, 0.15) is 0 Å². The second-order valence-corrected chi connectivity index (χ2v) is 7.05. The summed E-state index contributed by atoms with van der Waals surface area (Å²) < 4.78 is 1.35. The van der Waals surface area contributed by atoms with Gasteiger partial charge in [-0.15, -0.1) is 0 Å². The molecule has 6 heteroatoms. The zero-order valence-corrected chi connectivity index (χ0v) is 14.5. The smallest absolute Gasteiger partial charge is 0.285 e. The molecule has 24 heavy (non-hydrogen) atoms. The van der Waals surface area contributed by atoms with Crippen molar-refractivity contribution in [3.05, 3.63) is 74.2 Å². The van der Waals surface area contributed by atoms with Crippen LogP contribution in [0.15, 0.2) is 47.4 Å². The van der Waals surface area contributed by atoms with Crippen LogP contribution in [0.4, 0.5) is 5.69 Å². The molecule has 0 fully saturated rings. The van der Waals surface area contributed by atoms with Crippen molar-refractivity contribution in [1.29, 1.82) is 0 Å². The van der Waals surface area contributed by atoms with Gasteiger partial charge in [0.25, 0.3) is 11.2 Å². The van der Waals surface area contributed by atoms with Crippen LogP contribution in [-0.4, -0.2) is 21.4 Å². The third kappa shape index (κ3) is 4.52. The van der Waals surface area contributed by atoms with Gasteiger partial charge in [-0.05, 0) is 23.6 Å². The molecule has 0 aliphatic rings. The van der Waals surface area contributed by atoms with Gasteiger partial charge in [-0.3, -0.25) is 24.4 Å². The van der Waals surface area contributed by atoms with Crippen LogP contribution in [0.2, 0.25) is 0 Å². The van der Waals surface area contributed by atoms with Crippen molar-refractivity contribution in [2.24, 2.45) is 0 Å². The third-order valence-electron chi connectivity index (χ3n) is 3.84. The van der Waals surface area contributed by atoms with Crippen LogP contribution in [0.5, 0.6) is 0 Å². The first-order chi connectivity index (χ1) is 11.2. The van der Waals surface area contributed by atoms with Crippen molar-refractivity contribution in [2.75, 3.05) is 7.05 Å². The van der Waals surface area contributed by atoms with E-state index in [1.807, 2.05) is 11.9 Å². The summed E-state index contributed by atoms with van der Waals surface area (Å²) in [6.07, 6.45) is 1.28. The van der Waals surface area contributed by atoms with Gasteiger partial charge in [-0.25, -0.2) is 0 Å². The van der Waals surface area contributed by atoms with Crippen molar-refractivity contribution in [3.63, 3.8) is 0 Å². The van der Waals surface area contributed by atoms with Gasteiger partial charge in [-0.1, -0.05) is 45.0 Å². The van der Waals surface area contributed by atoms with Gasteiger partial charge < -0.3 is 0 Å². The van der Waals surface area contributed by atoms with Crippen LogP contribution in [0, 0.1) is 10.1 Å². The predicted octanol–water partition coefficient (Wildman–Crippen LogP) is 3.14. The van der Waals surface area contributed by atoms with Gasteiger partial charge in [0, 0.05) is 18.7 Å². The molecule has 0 aliphatic carbocycles. The van der Waals surface area contributed by atoms with Gasteiger partial charge in [-0.2, -0.15) is 0 Å². The molecule has 0 amide bonds. The van der Waals surface area contributed by atoms with E-state index >= 15 is 0 Å². The first-order valence-electron chi connectivity index (χ1n) is 7.79. The Balaban J connectivity index is 2.08. The van der Waals surface area contributed by atoms with Gasteiger partial charge in [0.2, 0.25) is 0 Å². The molecule has 0 spiro atoms. The van der Waals surface area contributed by atoms with E-state index in [2.05, 4.69) is 45.0 Å². The Morgan fingerprint density at radius 2 is 1.75 bits per heavy atom. The normalized spacial score (nSPS) is 11.7. The predicted molar refractivity (Wildman–Crippen MR) is 94.0 cm³/mol. The Hall–Kier alpha value is -2.47. The molecule has 128 valence electrons. The van der Waals surface area contributed by atoms with Gasteiger partial charge in [0.05, 0.1) is 17.8 Å². The minimum Gasteiger partial charge on any atom is -0.295 e. The molecular weight excluding hydrogens is 306 g/mol. The zero-order valence-electron chi connectivity index (χ0n) is 14.5. The van der Waals surface area contributed by atoms with Crippen LogP contribution >= 0.6 is 0 Å². The van der Waals surface area contributed by atoms with Crippen LogP contribution in [0.25, 0.3) is 0 Å². The Morgan fingerprint density at radius 1 is 1.12 bits per heavy atom. The molecular formula is C18H23N3O3. The van der Waals surface area contributed by atoms with Crippen molar-refractivity contribution in [2.45, 2.75) is 39.4 Å². The first kappa shape index (κ1) is 17.9. The van der Waals surface area contributed by atoms with Crippen molar-refractivity contribution in [3.8, 4) is 0 Å². The summed E-state index contributed by atoms with van der Waals surface area (Å²) in [6.45, 7) is 7.45. The second-order valence-electron chi connectivity index (χ2n) is 7.05. The molecule has 0 N–H and O–H groups in total. The fraction of sp³-hybridized carbons (Fsp3) is 0.389. The second kappa shape index (κ2) is 6.97. The lowest BCUT2D eigenvalue weighted by Gasteiger charge is -2.21. The van der Waals surface area contributed by atoms with E-state index in [4.69, 9.17) is 0 Å². The number of rotatable bonds is 5. The monoisotopic (exact) mass is 329 g/mol. The molecule has 0 saturated carbocycles. The highest BCUT2D eigenvalue weighted by Gasteiger charge is 2.13. The molecule has 0 atom stereocenters. The number of nitrogens with zero attached hydrogens (tertiary/aromatic N) is 3. The van der Waals surface area contributed by atoms with Crippen LogP contribution in [-0.2, 0) is 18.6 Å². The molecule has 1 heterocycles. The Bertz CT molecular complexity index is 773. The molecule has 0 aliphatic heterocycles. The summed E-state index contributed by atoms with van der Waals surface area (Å²) >= 11 is 0. The number of hydrogen-bond donors (Lipinski definition) is 0. The van der Waals surface area contributed by atoms with E-state index in [9.17, 15) is 14.9 Å². The van der Waals surface area contributed by atoms with E-state index < -0.39 is 4.92 Å². The Labute approximate surface area is 141 Å². The van der Waals surface area contributed by atoms with E-state index in [1.54, 1.807) is 0 Å². The zero-order chi connectivity index (χ0) is 17.9. The average Bonchev–Trinajstić information content (AvgIpc) is 2.48. The Kier molecular flexibility index (Phi) is 5.19. The summed E-state index contributed by atoms with van der Waals surface area (Å²) in [5.41, 5.74) is 2.17.